The van der Waals surface area contributed by atoms with Crippen LogP contribution < -0.4 is 5.32 Å². The van der Waals surface area contributed by atoms with E-state index in [1.165, 1.54) is 0 Å². The maximum Gasteiger partial charge on any atom is 0.238 e. The third-order valence-electron chi connectivity index (χ3n) is 4.67. The van der Waals surface area contributed by atoms with Gasteiger partial charge < -0.3 is 5.32 Å². The van der Waals surface area contributed by atoms with Gasteiger partial charge in [0, 0.05) is 11.0 Å². The number of carbonyl (C=O) groups excluding carboxylic acids is 1. The molecule has 124 valence electrons. The van der Waals surface area contributed by atoms with Crippen LogP contribution in [-0.2, 0) is 11.3 Å². The molecule has 23 heavy (non-hydrogen) atoms. The molecule has 1 aliphatic carbocycles. The van der Waals surface area contributed by atoms with Crippen LogP contribution in [0.15, 0.2) is 28.7 Å². The Hall–Kier alpha value is -1.38. The summed E-state index contributed by atoms with van der Waals surface area (Å²) in [5.41, 5.74) is 0.491. The Morgan fingerprint density at radius 3 is 2.52 bits per heavy atom. The minimum atomic E-state index is -0.665. The molecule has 1 N–H and O–H groups in total. The largest absolute Gasteiger partial charge is 0.336 e. The van der Waals surface area contributed by atoms with Crippen molar-refractivity contribution in [2.24, 2.45) is 0 Å². The van der Waals surface area contributed by atoms with Crippen LogP contribution in [-0.4, -0.2) is 29.4 Å². The zero-order valence-electron chi connectivity index (χ0n) is 13.8. The number of benzene rings is 1. The number of rotatable bonds is 5. The predicted molar refractivity (Wildman–Crippen MR) is 94.6 cm³/mol. The van der Waals surface area contributed by atoms with Crippen LogP contribution in [0.25, 0.3) is 0 Å². The summed E-state index contributed by atoms with van der Waals surface area (Å²) in [6, 6.07) is 10.2. The van der Waals surface area contributed by atoms with Crippen LogP contribution in [0.4, 0.5) is 0 Å². The van der Waals surface area contributed by atoms with Gasteiger partial charge in [-0.3, -0.25) is 9.69 Å². The number of likely N-dealkylation sites (N-methyl/N-ethyl adjacent to an activating group) is 1. The van der Waals surface area contributed by atoms with Gasteiger partial charge in [0.25, 0.3) is 0 Å². The van der Waals surface area contributed by atoms with Gasteiger partial charge in [-0.25, -0.2) is 0 Å². The minimum absolute atomic E-state index is 0.0620. The average molecular weight is 378 g/mol. The van der Waals surface area contributed by atoms with Crippen molar-refractivity contribution in [2.75, 3.05) is 7.05 Å². The van der Waals surface area contributed by atoms with E-state index < -0.39 is 5.54 Å². The molecule has 4 nitrogen and oxygen atoms in total. The highest BCUT2D eigenvalue weighted by atomic mass is 79.9. The van der Waals surface area contributed by atoms with E-state index in [2.05, 4.69) is 27.3 Å². The third-order valence-corrected chi connectivity index (χ3v) is 5.20. The molecule has 0 aromatic heterocycles. The van der Waals surface area contributed by atoms with Crippen LogP contribution >= 0.6 is 15.9 Å². The van der Waals surface area contributed by atoms with E-state index in [1.54, 1.807) is 0 Å². The lowest BCUT2D eigenvalue weighted by Gasteiger charge is -2.34. The van der Waals surface area contributed by atoms with Crippen molar-refractivity contribution < 1.29 is 4.79 Å². The standard InChI is InChI=1S/C18H24BrN3O/c1-14(22(2)12-15-6-8-16(19)9-7-15)17(23)21-18(13-20)10-4-3-5-11-18/h6-9,14H,3-5,10-12H2,1-2H3,(H,21,23). The molecule has 0 heterocycles. The molecule has 0 spiro atoms. The molecule has 0 bridgehead atoms. The zero-order chi connectivity index (χ0) is 16.9. The van der Waals surface area contributed by atoms with Gasteiger partial charge in [0.2, 0.25) is 5.91 Å². The van der Waals surface area contributed by atoms with Crippen molar-refractivity contribution >= 4 is 21.8 Å². The summed E-state index contributed by atoms with van der Waals surface area (Å²) in [5.74, 6) is -0.0620. The number of nitrogens with one attached hydrogen (secondary N) is 1. The fraction of sp³-hybridized carbons (Fsp3) is 0.556. The highest BCUT2D eigenvalue weighted by Gasteiger charge is 2.35. The normalized spacial score (nSPS) is 18.2. The van der Waals surface area contributed by atoms with Crippen LogP contribution in [0.2, 0.25) is 0 Å². The monoisotopic (exact) mass is 377 g/mol. The smallest absolute Gasteiger partial charge is 0.238 e. The zero-order valence-corrected chi connectivity index (χ0v) is 15.4. The number of nitriles is 1. The third kappa shape index (κ3) is 4.79. The molecular formula is C18H24BrN3O. The van der Waals surface area contributed by atoms with Crippen molar-refractivity contribution in [1.82, 2.24) is 10.2 Å². The van der Waals surface area contributed by atoms with Gasteiger partial charge in [0.15, 0.2) is 0 Å². The van der Waals surface area contributed by atoms with Gasteiger partial charge in [-0.15, -0.1) is 0 Å². The molecule has 0 radical (unpaired) electrons. The van der Waals surface area contributed by atoms with Gasteiger partial charge in [-0.1, -0.05) is 47.3 Å². The Bertz CT molecular complexity index is 573. The first-order chi connectivity index (χ1) is 11.0. The number of hydrogen-bond donors (Lipinski definition) is 1. The molecule has 1 fully saturated rings. The summed E-state index contributed by atoms with van der Waals surface area (Å²) >= 11 is 3.42. The first-order valence-corrected chi connectivity index (χ1v) is 8.93. The molecule has 0 aliphatic heterocycles. The van der Waals surface area contributed by atoms with E-state index in [9.17, 15) is 10.1 Å². The Morgan fingerprint density at radius 2 is 1.96 bits per heavy atom. The Labute approximate surface area is 147 Å². The molecule has 1 unspecified atom stereocenters. The molecule has 1 aliphatic rings. The number of hydrogen-bond acceptors (Lipinski definition) is 3. The van der Waals surface area contributed by atoms with E-state index in [4.69, 9.17) is 0 Å². The van der Waals surface area contributed by atoms with Gasteiger partial charge in [0.05, 0.1) is 12.1 Å². The van der Waals surface area contributed by atoms with Crippen molar-refractivity contribution in [1.29, 1.82) is 5.26 Å². The number of halogens is 1. The van der Waals surface area contributed by atoms with E-state index in [-0.39, 0.29) is 11.9 Å². The van der Waals surface area contributed by atoms with E-state index in [0.717, 1.165) is 42.1 Å². The van der Waals surface area contributed by atoms with E-state index >= 15 is 0 Å². The topological polar surface area (TPSA) is 56.1 Å². The molecule has 1 amide bonds. The lowest BCUT2D eigenvalue weighted by atomic mass is 9.82. The predicted octanol–water partition coefficient (Wildman–Crippen LogP) is 3.61. The van der Waals surface area contributed by atoms with Crippen LogP contribution in [0.5, 0.6) is 0 Å². The van der Waals surface area contributed by atoms with Crippen molar-refractivity contribution in [3.8, 4) is 6.07 Å². The van der Waals surface area contributed by atoms with Gasteiger partial charge >= 0.3 is 0 Å². The number of carbonyl (C=O) groups is 1. The van der Waals surface area contributed by atoms with E-state index in [0.29, 0.717) is 6.54 Å². The SMILES string of the molecule is CC(C(=O)NC1(C#N)CCCCC1)N(C)Cc1ccc(Br)cc1. The van der Waals surface area contributed by atoms with E-state index in [1.807, 2.05) is 43.1 Å². The van der Waals surface area contributed by atoms with Crippen LogP contribution in [0.1, 0.15) is 44.6 Å². The maximum atomic E-state index is 12.5. The summed E-state index contributed by atoms with van der Waals surface area (Å²) < 4.78 is 1.04. The molecule has 2 rings (SSSR count). The highest BCUT2D eigenvalue weighted by Crippen LogP contribution is 2.27. The summed E-state index contributed by atoms with van der Waals surface area (Å²) in [6.45, 7) is 2.59. The lowest BCUT2D eigenvalue weighted by molar-refractivity contribution is -0.127. The summed E-state index contributed by atoms with van der Waals surface area (Å²) in [5, 5.41) is 12.5. The second kappa shape index (κ2) is 7.94. The fourth-order valence-electron chi connectivity index (χ4n) is 2.98. The molecule has 1 saturated carbocycles. The first kappa shape index (κ1) is 18.0. The fourth-order valence-corrected chi connectivity index (χ4v) is 3.24. The Balaban J connectivity index is 1.95. The summed E-state index contributed by atoms with van der Waals surface area (Å²) in [6.07, 6.45) is 4.70. The summed E-state index contributed by atoms with van der Waals surface area (Å²) in [4.78, 5) is 14.6. The van der Waals surface area contributed by atoms with Gasteiger partial charge in [-0.2, -0.15) is 5.26 Å². The molecule has 5 heteroatoms. The minimum Gasteiger partial charge on any atom is -0.336 e. The number of amides is 1. The molecule has 1 atom stereocenters. The average Bonchev–Trinajstić information content (AvgIpc) is 2.57. The Kier molecular flexibility index (Phi) is 6.20. The quantitative estimate of drug-likeness (QED) is 0.852. The summed E-state index contributed by atoms with van der Waals surface area (Å²) in [7, 11) is 1.94. The lowest BCUT2D eigenvalue weighted by Crippen LogP contribution is -2.54. The van der Waals surface area contributed by atoms with Crippen molar-refractivity contribution in [2.45, 2.75) is 57.2 Å². The molecule has 1 aromatic rings. The molecule has 0 saturated heterocycles. The Morgan fingerprint density at radius 1 is 1.35 bits per heavy atom. The maximum absolute atomic E-state index is 12.5. The second-order valence-electron chi connectivity index (χ2n) is 6.46. The first-order valence-electron chi connectivity index (χ1n) is 8.14. The molecule has 1 aromatic carbocycles. The number of nitrogens with zero attached hydrogens (tertiary/aromatic N) is 2. The van der Waals surface area contributed by atoms with Crippen molar-refractivity contribution in [3.63, 3.8) is 0 Å². The molecular weight excluding hydrogens is 354 g/mol. The van der Waals surface area contributed by atoms with Crippen LogP contribution in [0, 0.1) is 11.3 Å². The van der Waals surface area contributed by atoms with Gasteiger partial charge in [-0.05, 0) is 44.5 Å². The van der Waals surface area contributed by atoms with Crippen molar-refractivity contribution in [3.05, 3.63) is 34.3 Å². The van der Waals surface area contributed by atoms with Crippen LogP contribution in [0.3, 0.4) is 0 Å². The highest BCUT2D eigenvalue weighted by molar-refractivity contribution is 9.10. The second-order valence-corrected chi connectivity index (χ2v) is 7.38. The van der Waals surface area contributed by atoms with Gasteiger partial charge in [0.1, 0.15) is 5.54 Å².